The Hall–Kier alpha value is -3.49. The predicted octanol–water partition coefficient (Wildman–Crippen LogP) is 6.51. The Morgan fingerprint density at radius 3 is 1.65 bits per heavy atom. The molecular formula is C32H36N4O2SSi. The van der Waals surface area contributed by atoms with Crippen molar-refractivity contribution in [2.45, 2.75) is 49.0 Å². The Morgan fingerprint density at radius 1 is 0.825 bits per heavy atom. The third-order valence-corrected chi connectivity index (χ3v) is 15.8. The normalized spacial score (nSPS) is 17.9. The summed E-state index contributed by atoms with van der Waals surface area (Å²) < 4.78 is 2.89. The molecule has 4 aromatic rings. The van der Waals surface area contributed by atoms with Crippen molar-refractivity contribution in [2.75, 3.05) is 0 Å². The van der Waals surface area contributed by atoms with Crippen LogP contribution in [0.4, 0.5) is 0 Å². The van der Waals surface area contributed by atoms with Gasteiger partial charge in [-0.25, -0.2) is 4.98 Å². The topological polar surface area (TPSA) is 68.1 Å². The standard InChI is InChI=1S/C32H36N4O2SSi/c1-31(2,3)40(5,6)36-29(38)26(27(37)28-33-22-35(4)34-28)30(36)39-32(23-16-10-7-11-17-23,24-18-12-8-13-19-24)25-20-14-9-15-21-25/h7-22,26,30H,1-6H3. The van der Waals surface area contributed by atoms with Gasteiger partial charge in [-0.3, -0.25) is 14.3 Å². The van der Waals surface area contributed by atoms with Crippen molar-refractivity contribution in [2.24, 2.45) is 13.0 Å². The van der Waals surface area contributed by atoms with E-state index < -0.39 is 24.3 Å². The van der Waals surface area contributed by atoms with E-state index >= 15 is 0 Å². The fourth-order valence-electron chi connectivity index (χ4n) is 5.28. The van der Waals surface area contributed by atoms with E-state index in [2.05, 4.69) is 121 Å². The SMILES string of the molecule is Cn1cnc(C(=O)C2C(=O)N([Si](C)(C)C(C)(C)C)C2SC(c2ccccc2)(c2ccccc2)c2ccccc2)n1. The van der Waals surface area contributed by atoms with Crippen LogP contribution in [-0.2, 0) is 16.6 Å². The molecule has 0 spiro atoms. The Labute approximate surface area is 241 Å². The van der Waals surface area contributed by atoms with Crippen LogP contribution in [0.1, 0.15) is 48.1 Å². The van der Waals surface area contributed by atoms with Crippen LogP contribution in [0.3, 0.4) is 0 Å². The van der Waals surface area contributed by atoms with Crippen LogP contribution in [0.25, 0.3) is 0 Å². The van der Waals surface area contributed by atoms with Gasteiger partial charge in [0.25, 0.3) is 0 Å². The Bertz CT molecular complexity index is 1400. The van der Waals surface area contributed by atoms with Gasteiger partial charge in [-0.1, -0.05) is 125 Å². The number of ketones is 1. The highest BCUT2D eigenvalue weighted by Crippen LogP contribution is 2.57. The van der Waals surface area contributed by atoms with E-state index in [0.29, 0.717) is 0 Å². The highest BCUT2D eigenvalue weighted by atomic mass is 32.2. The fraction of sp³-hybridized carbons (Fsp3) is 0.312. The number of carbonyl (C=O) groups excluding carboxylic acids is 2. The van der Waals surface area contributed by atoms with Crippen molar-refractivity contribution >= 4 is 31.7 Å². The fourth-order valence-corrected chi connectivity index (χ4v) is 10.2. The van der Waals surface area contributed by atoms with E-state index in [0.717, 1.165) is 16.7 Å². The molecule has 2 heterocycles. The molecule has 1 aromatic heterocycles. The molecule has 206 valence electrons. The molecule has 40 heavy (non-hydrogen) atoms. The maximum Gasteiger partial charge on any atom is 0.229 e. The van der Waals surface area contributed by atoms with Crippen molar-refractivity contribution < 1.29 is 9.59 Å². The molecule has 0 bridgehead atoms. The van der Waals surface area contributed by atoms with Gasteiger partial charge in [0, 0.05) is 7.05 Å². The summed E-state index contributed by atoms with van der Waals surface area (Å²) in [6, 6.07) is 31.2. The number of aryl methyl sites for hydroxylation is 1. The van der Waals surface area contributed by atoms with Gasteiger partial charge in [-0.2, -0.15) is 0 Å². The van der Waals surface area contributed by atoms with E-state index in [1.54, 1.807) is 18.8 Å². The summed E-state index contributed by atoms with van der Waals surface area (Å²) in [6.07, 6.45) is 1.51. The molecular weight excluding hydrogens is 533 g/mol. The minimum absolute atomic E-state index is 0.0889. The maximum absolute atomic E-state index is 14.0. The van der Waals surface area contributed by atoms with Crippen LogP contribution in [0, 0.1) is 5.92 Å². The minimum Gasteiger partial charge on any atom is -0.356 e. The Balaban J connectivity index is 1.73. The zero-order chi connectivity index (χ0) is 28.7. The van der Waals surface area contributed by atoms with E-state index in [1.807, 2.05) is 18.2 Å². The van der Waals surface area contributed by atoms with Crippen molar-refractivity contribution in [3.8, 4) is 0 Å². The van der Waals surface area contributed by atoms with Gasteiger partial charge in [0.1, 0.15) is 12.2 Å². The van der Waals surface area contributed by atoms with Gasteiger partial charge in [-0.05, 0) is 21.7 Å². The number of Topliss-reactive ketones (excluding diaryl/α,β-unsaturated/α-hetero) is 1. The minimum atomic E-state index is -2.37. The van der Waals surface area contributed by atoms with Crippen molar-refractivity contribution in [3.63, 3.8) is 0 Å². The molecule has 6 nitrogen and oxygen atoms in total. The number of benzene rings is 3. The highest BCUT2D eigenvalue weighted by Gasteiger charge is 2.62. The third-order valence-electron chi connectivity index (χ3n) is 8.42. The molecule has 0 aliphatic carbocycles. The molecule has 0 saturated carbocycles. The summed E-state index contributed by atoms with van der Waals surface area (Å²) in [5.74, 6) is -1.21. The predicted molar refractivity (Wildman–Crippen MR) is 163 cm³/mol. The number of nitrogens with zero attached hydrogens (tertiary/aromatic N) is 4. The lowest BCUT2D eigenvalue weighted by Crippen LogP contribution is -2.73. The average Bonchev–Trinajstić information content (AvgIpc) is 3.38. The van der Waals surface area contributed by atoms with E-state index in [9.17, 15) is 9.59 Å². The van der Waals surface area contributed by atoms with Crippen LogP contribution >= 0.6 is 11.8 Å². The summed E-state index contributed by atoms with van der Waals surface area (Å²) in [5, 5.41) is 3.78. The molecule has 1 fully saturated rings. The molecule has 5 rings (SSSR count). The quantitative estimate of drug-likeness (QED) is 0.0797. The van der Waals surface area contributed by atoms with E-state index in [-0.39, 0.29) is 22.6 Å². The van der Waals surface area contributed by atoms with E-state index in [1.165, 1.54) is 11.0 Å². The Morgan fingerprint density at radius 2 is 1.27 bits per heavy atom. The Kier molecular flexibility index (Phi) is 7.35. The highest BCUT2D eigenvalue weighted by molar-refractivity contribution is 8.01. The summed E-state index contributed by atoms with van der Waals surface area (Å²) >= 11 is 1.69. The second-order valence-electron chi connectivity index (χ2n) is 11.9. The van der Waals surface area contributed by atoms with Crippen molar-refractivity contribution in [1.82, 2.24) is 19.3 Å². The van der Waals surface area contributed by atoms with Crippen molar-refractivity contribution in [1.29, 1.82) is 0 Å². The summed E-state index contributed by atoms with van der Waals surface area (Å²) in [4.78, 5) is 32.2. The second-order valence-corrected chi connectivity index (χ2v) is 18.3. The van der Waals surface area contributed by atoms with E-state index in [4.69, 9.17) is 0 Å². The number of amides is 1. The number of thioether (sulfide) groups is 1. The van der Waals surface area contributed by atoms with Crippen LogP contribution in [0.2, 0.25) is 18.1 Å². The molecule has 1 aliphatic rings. The summed E-state index contributed by atoms with van der Waals surface area (Å²) in [7, 11) is -0.641. The second kappa shape index (κ2) is 10.5. The lowest BCUT2D eigenvalue weighted by Gasteiger charge is -2.59. The molecule has 2 atom stereocenters. The number of carbonyl (C=O) groups is 2. The lowest BCUT2D eigenvalue weighted by molar-refractivity contribution is -0.140. The number of β-lactam (4-membered cyclic amide) rings is 1. The molecule has 3 aromatic carbocycles. The lowest BCUT2D eigenvalue weighted by atomic mass is 9.84. The first-order chi connectivity index (χ1) is 19.0. The number of hydrogen-bond acceptors (Lipinski definition) is 5. The average molecular weight is 569 g/mol. The zero-order valence-corrected chi connectivity index (χ0v) is 25.7. The van der Waals surface area contributed by atoms with Crippen LogP contribution in [-0.4, -0.2) is 44.6 Å². The van der Waals surface area contributed by atoms with Gasteiger partial charge in [-0.15, -0.1) is 16.9 Å². The number of aromatic nitrogens is 3. The zero-order valence-electron chi connectivity index (χ0n) is 23.9. The van der Waals surface area contributed by atoms with Gasteiger partial charge >= 0.3 is 0 Å². The smallest absolute Gasteiger partial charge is 0.229 e. The van der Waals surface area contributed by atoms with Gasteiger partial charge < -0.3 is 4.57 Å². The van der Waals surface area contributed by atoms with Crippen LogP contribution < -0.4 is 0 Å². The largest absolute Gasteiger partial charge is 0.356 e. The molecule has 8 heteroatoms. The number of rotatable bonds is 8. The molecule has 1 amide bonds. The first kappa shape index (κ1) is 28.1. The maximum atomic E-state index is 14.0. The van der Waals surface area contributed by atoms with Gasteiger partial charge in [0.05, 0.1) is 10.1 Å². The number of hydrogen-bond donors (Lipinski definition) is 0. The first-order valence-electron chi connectivity index (χ1n) is 13.6. The van der Waals surface area contributed by atoms with Gasteiger partial charge in [0.15, 0.2) is 8.24 Å². The third kappa shape index (κ3) is 4.63. The monoisotopic (exact) mass is 568 g/mol. The molecule has 0 radical (unpaired) electrons. The summed E-state index contributed by atoms with van der Waals surface area (Å²) in [6.45, 7) is 11.0. The first-order valence-corrected chi connectivity index (χ1v) is 17.4. The van der Waals surface area contributed by atoms with Crippen molar-refractivity contribution in [3.05, 3.63) is 120 Å². The summed E-state index contributed by atoms with van der Waals surface area (Å²) in [5.41, 5.74) is 3.28. The molecule has 1 aliphatic heterocycles. The van der Waals surface area contributed by atoms with Crippen LogP contribution in [0.5, 0.6) is 0 Å². The molecule has 1 saturated heterocycles. The molecule has 2 unspecified atom stereocenters. The van der Waals surface area contributed by atoms with Gasteiger partial charge in [0.2, 0.25) is 17.5 Å². The molecule has 0 N–H and O–H groups in total. The van der Waals surface area contributed by atoms with Crippen LogP contribution in [0.15, 0.2) is 97.3 Å².